The predicted octanol–water partition coefficient (Wildman–Crippen LogP) is 5.04. The van der Waals surface area contributed by atoms with E-state index in [2.05, 4.69) is 4.98 Å². The van der Waals surface area contributed by atoms with Crippen molar-refractivity contribution in [2.45, 2.75) is 12.6 Å². The van der Waals surface area contributed by atoms with Crippen molar-refractivity contribution in [3.8, 4) is 23.0 Å². The van der Waals surface area contributed by atoms with Crippen LogP contribution in [0.5, 0.6) is 23.0 Å². The summed E-state index contributed by atoms with van der Waals surface area (Å²) in [5.74, 6) is -1.17. The molecule has 2 heterocycles. The molecule has 1 atom stereocenters. The molecule has 1 unspecified atom stereocenters. The van der Waals surface area contributed by atoms with E-state index in [0.717, 1.165) is 5.56 Å². The number of aromatic nitrogens is 1. The summed E-state index contributed by atoms with van der Waals surface area (Å²) in [5.41, 5.74) is 1.03. The number of hydrogen-bond acceptors (Lipinski definition) is 8. The van der Waals surface area contributed by atoms with Crippen molar-refractivity contribution < 1.29 is 33.6 Å². The van der Waals surface area contributed by atoms with Crippen molar-refractivity contribution in [1.82, 2.24) is 9.88 Å². The van der Waals surface area contributed by atoms with Gasteiger partial charge in [0.25, 0.3) is 11.7 Å². The minimum absolute atomic E-state index is 0.0542. The average molecular weight is 559 g/mol. The molecule has 3 aromatic rings. The second kappa shape index (κ2) is 11.2. The van der Waals surface area contributed by atoms with Crippen molar-refractivity contribution in [3.63, 3.8) is 0 Å². The summed E-state index contributed by atoms with van der Waals surface area (Å²) in [6.45, 7) is 0.0542. The molecule has 0 saturated carbocycles. The van der Waals surface area contributed by atoms with Crippen LogP contribution < -0.4 is 18.9 Å². The van der Waals surface area contributed by atoms with Gasteiger partial charge in [-0.15, -0.1) is 0 Å². The summed E-state index contributed by atoms with van der Waals surface area (Å²) in [7, 11) is 5.73. The van der Waals surface area contributed by atoms with Crippen LogP contribution in [0, 0.1) is 0 Å². The second-order valence-electron chi connectivity index (χ2n) is 8.21. The molecule has 198 valence electrons. The molecule has 0 radical (unpaired) electrons. The van der Waals surface area contributed by atoms with Gasteiger partial charge in [-0.25, -0.2) is 0 Å². The van der Waals surface area contributed by atoms with E-state index < -0.39 is 23.5 Å². The van der Waals surface area contributed by atoms with E-state index in [1.807, 2.05) is 0 Å². The second-order valence-corrected chi connectivity index (χ2v) is 9.05. The number of nitrogens with zero attached hydrogens (tertiary/aromatic N) is 2. The van der Waals surface area contributed by atoms with Gasteiger partial charge in [-0.2, -0.15) is 0 Å². The molecule has 1 amide bonds. The third kappa shape index (κ3) is 4.82. The van der Waals surface area contributed by atoms with Crippen LogP contribution in [-0.2, 0) is 16.1 Å². The number of likely N-dealkylation sites (tertiary alicyclic amines) is 1. The van der Waals surface area contributed by atoms with Crippen LogP contribution in [0.15, 0.2) is 54.4 Å². The van der Waals surface area contributed by atoms with Crippen LogP contribution >= 0.6 is 23.2 Å². The van der Waals surface area contributed by atoms with Gasteiger partial charge < -0.3 is 29.0 Å². The quantitative estimate of drug-likeness (QED) is 0.232. The third-order valence-corrected chi connectivity index (χ3v) is 6.61. The highest BCUT2D eigenvalue weighted by atomic mass is 35.5. The maximum absolute atomic E-state index is 13.5. The smallest absolute Gasteiger partial charge is 0.295 e. The lowest BCUT2D eigenvalue weighted by atomic mass is 9.94. The Hall–Kier alpha value is -3.95. The Kier molecular flexibility index (Phi) is 7.99. The fourth-order valence-corrected chi connectivity index (χ4v) is 4.99. The standard InChI is InChI=1S/C27H24Cl2N2O7/c1-35-19-9-15(10-20(36-2)26(19)38-4)22-21(23(32)17-11-16(28)12-18(29)25(17)37-3)24(33)27(34)31(22)13-14-5-7-30-8-6-14/h5-12,22,32H,13H2,1-4H3/b23-21+. The number of amides is 1. The highest BCUT2D eigenvalue weighted by molar-refractivity contribution is 6.46. The first-order valence-electron chi connectivity index (χ1n) is 11.3. The molecule has 9 nitrogen and oxygen atoms in total. The minimum atomic E-state index is -1.04. The predicted molar refractivity (Wildman–Crippen MR) is 141 cm³/mol. The zero-order chi connectivity index (χ0) is 27.6. The molecule has 0 aliphatic carbocycles. The van der Waals surface area contributed by atoms with Gasteiger partial charge in [0.05, 0.1) is 50.6 Å². The maximum atomic E-state index is 13.5. The number of halogens is 2. The first kappa shape index (κ1) is 27.1. The number of benzene rings is 2. The Bertz CT molecular complexity index is 1400. The normalized spacial score (nSPS) is 16.5. The van der Waals surface area contributed by atoms with E-state index in [9.17, 15) is 14.7 Å². The first-order chi connectivity index (χ1) is 18.2. The van der Waals surface area contributed by atoms with Crippen LogP contribution in [0.2, 0.25) is 10.0 Å². The van der Waals surface area contributed by atoms with Gasteiger partial charge >= 0.3 is 0 Å². The van der Waals surface area contributed by atoms with Crippen LogP contribution in [0.1, 0.15) is 22.7 Å². The molecule has 1 saturated heterocycles. The highest BCUT2D eigenvalue weighted by Crippen LogP contribution is 2.47. The number of hydrogen-bond donors (Lipinski definition) is 1. The molecular weight excluding hydrogens is 535 g/mol. The van der Waals surface area contributed by atoms with Gasteiger partial charge in [-0.05, 0) is 47.5 Å². The number of carbonyl (C=O) groups is 2. The molecule has 4 rings (SSSR count). The number of rotatable bonds is 8. The van der Waals surface area contributed by atoms with E-state index in [1.165, 1.54) is 45.5 Å². The minimum Gasteiger partial charge on any atom is -0.507 e. The van der Waals surface area contributed by atoms with Gasteiger partial charge in [0.1, 0.15) is 11.5 Å². The SMILES string of the molecule is COc1cc(C2/C(=C(\O)c3cc(Cl)cc(Cl)c3OC)C(=O)C(=O)N2Cc2ccncc2)cc(OC)c1OC. The zero-order valence-corrected chi connectivity index (χ0v) is 22.5. The van der Waals surface area contributed by atoms with E-state index >= 15 is 0 Å². The molecule has 38 heavy (non-hydrogen) atoms. The van der Waals surface area contributed by atoms with Gasteiger partial charge in [0, 0.05) is 24.0 Å². The third-order valence-electron chi connectivity index (χ3n) is 6.11. The molecule has 1 aliphatic rings. The molecule has 11 heteroatoms. The largest absolute Gasteiger partial charge is 0.507 e. The Balaban J connectivity index is 2.01. The Morgan fingerprint density at radius 3 is 2.08 bits per heavy atom. The number of aliphatic hydroxyl groups is 1. The maximum Gasteiger partial charge on any atom is 0.295 e. The zero-order valence-electron chi connectivity index (χ0n) is 21.0. The molecule has 0 spiro atoms. The fourth-order valence-electron chi connectivity index (χ4n) is 4.42. The van der Waals surface area contributed by atoms with Gasteiger partial charge in [0.15, 0.2) is 11.5 Å². The molecule has 2 aromatic carbocycles. The topological polar surface area (TPSA) is 107 Å². The van der Waals surface area contributed by atoms with Crippen molar-refractivity contribution >= 4 is 40.7 Å². The number of Topliss-reactive ketones (excluding diaryl/α,β-unsaturated/α-hetero) is 1. The van der Waals surface area contributed by atoms with E-state index in [4.69, 9.17) is 42.1 Å². The first-order valence-corrected chi connectivity index (χ1v) is 12.0. The van der Waals surface area contributed by atoms with Gasteiger partial charge in [0.2, 0.25) is 5.75 Å². The lowest BCUT2D eigenvalue weighted by Gasteiger charge is -2.27. The Morgan fingerprint density at radius 1 is 0.921 bits per heavy atom. The molecule has 1 aromatic heterocycles. The fraction of sp³-hybridized carbons (Fsp3) is 0.222. The lowest BCUT2D eigenvalue weighted by Crippen LogP contribution is -2.29. The van der Waals surface area contributed by atoms with E-state index in [1.54, 1.807) is 36.7 Å². The summed E-state index contributed by atoms with van der Waals surface area (Å²) >= 11 is 12.5. The Labute approximate surface area is 229 Å². The van der Waals surface area contributed by atoms with Crippen LogP contribution in [0.3, 0.4) is 0 Å². The number of carbonyl (C=O) groups excluding carboxylic acids is 2. The number of ether oxygens (including phenoxy) is 4. The molecule has 1 fully saturated rings. The monoisotopic (exact) mass is 558 g/mol. The van der Waals surface area contributed by atoms with Crippen LogP contribution in [0.25, 0.3) is 5.76 Å². The van der Waals surface area contributed by atoms with Crippen LogP contribution in [-0.4, -0.2) is 55.1 Å². The van der Waals surface area contributed by atoms with Gasteiger partial charge in [-0.3, -0.25) is 14.6 Å². The summed E-state index contributed by atoms with van der Waals surface area (Å²) in [5, 5.41) is 11.8. The van der Waals surface area contributed by atoms with Gasteiger partial charge in [-0.1, -0.05) is 23.2 Å². The summed E-state index contributed by atoms with van der Waals surface area (Å²) in [4.78, 5) is 32.3. The van der Waals surface area contributed by atoms with Crippen molar-refractivity contribution in [2.75, 3.05) is 28.4 Å². The van der Waals surface area contributed by atoms with Crippen LogP contribution in [0.4, 0.5) is 0 Å². The molecule has 0 bridgehead atoms. The molecule has 1 aliphatic heterocycles. The molecular formula is C27H24Cl2N2O7. The lowest BCUT2D eigenvalue weighted by molar-refractivity contribution is -0.140. The van der Waals surface area contributed by atoms with E-state index in [-0.39, 0.29) is 33.5 Å². The van der Waals surface area contributed by atoms with Crippen molar-refractivity contribution in [2.24, 2.45) is 0 Å². The number of methoxy groups -OCH3 is 4. The average Bonchev–Trinajstić information content (AvgIpc) is 3.16. The van der Waals surface area contributed by atoms with Crippen molar-refractivity contribution in [3.05, 3.63) is 81.1 Å². The number of aliphatic hydroxyl groups excluding tert-OH is 1. The van der Waals surface area contributed by atoms with E-state index in [0.29, 0.717) is 22.8 Å². The summed E-state index contributed by atoms with van der Waals surface area (Å²) in [6.07, 6.45) is 3.17. The van der Waals surface area contributed by atoms with Crippen molar-refractivity contribution in [1.29, 1.82) is 0 Å². The summed E-state index contributed by atoms with van der Waals surface area (Å²) < 4.78 is 21.8. The number of pyridine rings is 1. The molecule has 1 N–H and O–H groups in total. The number of ketones is 1. The summed E-state index contributed by atoms with van der Waals surface area (Å²) in [6, 6.07) is 8.50. The highest BCUT2D eigenvalue weighted by Gasteiger charge is 2.47. The Morgan fingerprint density at radius 2 is 1.53 bits per heavy atom.